The van der Waals surface area contributed by atoms with Gasteiger partial charge in [-0.1, -0.05) is 72.8 Å². The van der Waals surface area contributed by atoms with E-state index in [1.54, 1.807) is 0 Å². The van der Waals surface area contributed by atoms with Gasteiger partial charge < -0.3 is 4.57 Å². The zero-order valence-corrected chi connectivity index (χ0v) is 21.7. The van der Waals surface area contributed by atoms with E-state index in [1.165, 1.54) is 47.4 Å². The maximum atomic E-state index is 5.04. The Labute approximate surface area is 227 Å². The van der Waals surface area contributed by atoms with Gasteiger partial charge in [-0.15, -0.1) is 11.3 Å². The van der Waals surface area contributed by atoms with E-state index < -0.39 is 0 Å². The van der Waals surface area contributed by atoms with E-state index in [-0.39, 0.29) is 0 Å². The summed E-state index contributed by atoms with van der Waals surface area (Å²) in [4.78, 5) is 0. The number of nitrogens with zero attached hydrogens (tertiary/aromatic N) is 3. The highest BCUT2D eigenvalue weighted by Crippen LogP contribution is 2.40. The van der Waals surface area contributed by atoms with Gasteiger partial charge in [0.05, 0.1) is 27.8 Å². The summed E-state index contributed by atoms with van der Waals surface area (Å²) >= 11 is 1.87. The van der Waals surface area contributed by atoms with Crippen LogP contribution in [0.4, 0.5) is 0 Å². The van der Waals surface area contributed by atoms with Gasteiger partial charge in [-0.05, 0) is 54.6 Å². The lowest BCUT2D eigenvalue weighted by Gasteiger charge is -2.09. The van der Waals surface area contributed by atoms with Crippen LogP contribution < -0.4 is 0 Å². The molecule has 0 fully saturated rings. The molecule has 4 heteroatoms. The average molecular weight is 516 g/mol. The van der Waals surface area contributed by atoms with Gasteiger partial charge in [-0.25, -0.2) is 4.52 Å². The predicted octanol–water partition coefficient (Wildman–Crippen LogP) is 9.62. The number of rotatable bonds is 2. The third-order valence-electron chi connectivity index (χ3n) is 7.91. The predicted molar refractivity (Wildman–Crippen MR) is 165 cm³/mol. The summed E-state index contributed by atoms with van der Waals surface area (Å²) in [6.07, 6.45) is 0. The molecule has 0 amide bonds. The highest BCUT2D eigenvalue weighted by atomic mass is 32.1. The van der Waals surface area contributed by atoms with Gasteiger partial charge in [-0.3, -0.25) is 0 Å². The SMILES string of the molecule is c1cc(-c2cc3ccc4ccccc4n3n2)cc(-n2c3ccccc3c3cc4sc5ccccc5c4cc32)c1. The monoisotopic (exact) mass is 515 g/mol. The van der Waals surface area contributed by atoms with Crippen LogP contribution in [0.25, 0.3) is 75.3 Å². The maximum absolute atomic E-state index is 5.04. The molecule has 0 unspecified atom stereocenters. The van der Waals surface area contributed by atoms with Crippen molar-refractivity contribution in [1.82, 2.24) is 14.2 Å². The largest absolute Gasteiger partial charge is 0.309 e. The molecular formula is C35H21N3S. The van der Waals surface area contributed by atoms with E-state index in [1.807, 2.05) is 11.3 Å². The molecule has 39 heavy (non-hydrogen) atoms. The van der Waals surface area contributed by atoms with E-state index in [4.69, 9.17) is 5.10 Å². The Morgan fingerprint density at radius 2 is 1.33 bits per heavy atom. The number of hydrogen-bond acceptors (Lipinski definition) is 2. The summed E-state index contributed by atoms with van der Waals surface area (Å²) in [5.74, 6) is 0. The van der Waals surface area contributed by atoms with E-state index in [0.29, 0.717) is 0 Å². The number of fused-ring (bicyclic) bond motifs is 9. The zero-order valence-electron chi connectivity index (χ0n) is 20.9. The van der Waals surface area contributed by atoms with Crippen molar-refractivity contribution in [3.63, 3.8) is 0 Å². The molecule has 0 aliphatic rings. The number of thiophene rings is 1. The molecule has 0 radical (unpaired) electrons. The van der Waals surface area contributed by atoms with Crippen molar-refractivity contribution in [2.75, 3.05) is 0 Å². The minimum Gasteiger partial charge on any atom is -0.309 e. The van der Waals surface area contributed by atoms with Crippen LogP contribution in [0.2, 0.25) is 0 Å². The standard InChI is InChI=1S/C35H21N3S/c1-4-13-31-22(8-1)16-17-25-19-30(36-38(25)31)23-9-7-10-24(18-23)37-32-14-5-2-11-26(32)28-21-35-29(20-33(28)37)27-12-3-6-15-34(27)39-35/h1-21H. The normalized spacial score (nSPS) is 12.1. The van der Waals surface area contributed by atoms with Gasteiger partial charge in [0.1, 0.15) is 0 Å². The van der Waals surface area contributed by atoms with Crippen LogP contribution in [0.5, 0.6) is 0 Å². The van der Waals surface area contributed by atoms with Gasteiger partial charge in [0.15, 0.2) is 0 Å². The number of para-hydroxylation sites is 2. The van der Waals surface area contributed by atoms with Gasteiger partial charge in [-0.2, -0.15) is 5.10 Å². The van der Waals surface area contributed by atoms with E-state index >= 15 is 0 Å². The van der Waals surface area contributed by atoms with Crippen LogP contribution in [-0.2, 0) is 0 Å². The van der Waals surface area contributed by atoms with Crippen LogP contribution in [0.1, 0.15) is 0 Å². The first-order valence-corrected chi connectivity index (χ1v) is 14.0. The van der Waals surface area contributed by atoms with Crippen molar-refractivity contribution < 1.29 is 0 Å². The summed E-state index contributed by atoms with van der Waals surface area (Å²) < 4.78 is 7.12. The number of benzene rings is 5. The summed E-state index contributed by atoms with van der Waals surface area (Å²) in [6, 6.07) is 45.9. The molecule has 9 rings (SSSR count). The van der Waals surface area contributed by atoms with Crippen molar-refractivity contribution in [1.29, 1.82) is 0 Å². The Bertz CT molecular complexity index is 2400. The second-order valence-corrected chi connectivity index (χ2v) is 11.2. The molecule has 0 bridgehead atoms. The molecule has 0 atom stereocenters. The summed E-state index contributed by atoms with van der Waals surface area (Å²) in [6.45, 7) is 0. The van der Waals surface area contributed by atoms with Gasteiger partial charge in [0.25, 0.3) is 0 Å². The topological polar surface area (TPSA) is 22.2 Å². The smallest absolute Gasteiger partial charge is 0.0934 e. The van der Waals surface area contributed by atoms with Gasteiger partial charge in [0.2, 0.25) is 0 Å². The Balaban J connectivity index is 1.30. The Morgan fingerprint density at radius 1 is 0.513 bits per heavy atom. The molecule has 3 nitrogen and oxygen atoms in total. The molecule has 5 aromatic carbocycles. The second kappa shape index (κ2) is 7.79. The molecule has 4 aromatic heterocycles. The first kappa shape index (κ1) is 21.1. The minimum atomic E-state index is 0.972. The molecule has 4 heterocycles. The second-order valence-electron chi connectivity index (χ2n) is 10.1. The molecule has 0 saturated heterocycles. The summed E-state index contributed by atoms with van der Waals surface area (Å²) in [5, 5.41) is 11.4. The molecule has 9 aromatic rings. The lowest BCUT2D eigenvalue weighted by atomic mass is 10.1. The van der Waals surface area contributed by atoms with Crippen LogP contribution in [0.15, 0.2) is 127 Å². The van der Waals surface area contributed by atoms with Crippen molar-refractivity contribution in [3.8, 4) is 16.9 Å². The van der Waals surface area contributed by atoms with E-state index in [9.17, 15) is 0 Å². The fourth-order valence-electron chi connectivity index (χ4n) is 6.11. The van der Waals surface area contributed by atoms with Crippen molar-refractivity contribution >= 4 is 69.7 Å². The highest BCUT2D eigenvalue weighted by molar-refractivity contribution is 7.25. The molecule has 0 saturated carbocycles. The van der Waals surface area contributed by atoms with Crippen LogP contribution in [0, 0.1) is 0 Å². The number of hydrogen-bond donors (Lipinski definition) is 0. The highest BCUT2D eigenvalue weighted by Gasteiger charge is 2.16. The van der Waals surface area contributed by atoms with Crippen LogP contribution in [0.3, 0.4) is 0 Å². The first-order chi connectivity index (χ1) is 19.3. The third kappa shape index (κ3) is 3.01. The molecule has 0 spiro atoms. The quantitative estimate of drug-likeness (QED) is 0.225. The molecule has 182 valence electrons. The average Bonchev–Trinajstić information content (AvgIpc) is 3.68. The molecular weight excluding hydrogens is 494 g/mol. The minimum absolute atomic E-state index is 0.972. The molecule has 0 N–H and O–H groups in total. The van der Waals surface area contributed by atoms with Gasteiger partial charge >= 0.3 is 0 Å². The van der Waals surface area contributed by atoms with Crippen LogP contribution >= 0.6 is 11.3 Å². The molecule has 0 aliphatic heterocycles. The fraction of sp³-hybridized carbons (Fsp3) is 0. The lowest BCUT2D eigenvalue weighted by molar-refractivity contribution is 1.01. The number of pyridine rings is 1. The van der Waals surface area contributed by atoms with Crippen molar-refractivity contribution in [2.24, 2.45) is 0 Å². The third-order valence-corrected chi connectivity index (χ3v) is 9.04. The fourth-order valence-corrected chi connectivity index (χ4v) is 7.24. The zero-order chi connectivity index (χ0) is 25.5. The lowest BCUT2D eigenvalue weighted by Crippen LogP contribution is -1.94. The van der Waals surface area contributed by atoms with E-state index in [0.717, 1.165) is 28.0 Å². The van der Waals surface area contributed by atoms with Crippen molar-refractivity contribution in [3.05, 3.63) is 127 Å². The van der Waals surface area contributed by atoms with E-state index in [2.05, 4.69) is 136 Å². The first-order valence-electron chi connectivity index (χ1n) is 13.1. The number of aromatic nitrogens is 3. The summed E-state index contributed by atoms with van der Waals surface area (Å²) in [5.41, 5.74) is 7.87. The van der Waals surface area contributed by atoms with Crippen LogP contribution in [-0.4, -0.2) is 14.2 Å². The maximum Gasteiger partial charge on any atom is 0.0934 e. The Hall–Kier alpha value is -4.93. The Morgan fingerprint density at radius 3 is 2.28 bits per heavy atom. The molecule has 0 aliphatic carbocycles. The van der Waals surface area contributed by atoms with Gasteiger partial charge in [0, 0.05) is 47.6 Å². The summed E-state index contributed by atoms with van der Waals surface area (Å²) in [7, 11) is 0. The Kier molecular flexibility index (Phi) is 4.21. The van der Waals surface area contributed by atoms with Crippen molar-refractivity contribution in [2.45, 2.75) is 0 Å².